The predicted octanol–water partition coefficient (Wildman–Crippen LogP) is 5.85. The van der Waals surface area contributed by atoms with Crippen LogP contribution in [0.1, 0.15) is 115 Å². The van der Waals surface area contributed by atoms with E-state index in [2.05, 4.69) is 10.6 Å². The highest BCUT2D eigenvalue weighted by molar-refractivity contribution is 5.96. The van der Waals surface area contributed by atoms with Gasteiger partial charge in [0.05, 0.1) is 6.04 Å². The number of esters is 1. The summed E-state index contributed by atoms with van der Waals surface area (Å²) in [6.45, 7) is 24.7. The molecule has 0 saturated carbocycles. The molecular weight excluding hydrogens is 692 g/mol. The normalized spacial score (nSPS) is 14.9. The van der Waals surface area contributed by atoms with Crippen molar-refractivity contribution in [2.75, 3.05) is 14.1 Å². The molecule has 3 N–H and O–H groups in total. The fraction of sp³-hybridized carbons (Fsp3) is 0.659. The molecule has 13 nitrogen and oxygen atoms in total. The van der Waals surface area contributed by atoms with Crippen LogP contribution in [0.2, 0.25) is 0 Å². The number of carbonyl (C=O) groups excluding carboxylic acids is 5. The maximum Gasteiger partial charge on any atom is 0.410 e. The van der Waals surface area contributed by atoms with Crippen LogP contribution < -0.4 is 10.6 Å². The third-order valence-corrected chi connectivity index (χ3v) is 8.82. The molecule has 0 bridgehead atoms. The van der Waals surface area contributed by atoms with Crippen molar-refractivity contribution in [2.45, 2.75) is 151 Å². The third-order valence-electron chi connectivity index (χ3n) is 8.82. The third kappa shape index (κ3) is 14.4. The molecule has 0 aliphatic carbocycles. The maximum absolute atomic E-state index is 14.5. The molecule has 0 saturated heterocycles. The monoisotopic (exact) mass is 758 g/mol. The van der Waals surface area contributed by atoms with E-state index >= 15 is 0 Å². The lowest BCUT2D eigenvalue weighted by Crippen LogP contribution is -2.63. The Kier molecular flexibility index (Phi) is 16.5. The van der Waals surface area contributed by atoms with Crippen LogP contribution in [-0.4, -0.2) is 100 Å². The van der Waals surface area contributed by atoms with E-state index in [4.69, 9.17) is 9.47 Å². The van der Waals surface area contributed by atoms with Crippen LogP contribution in [-0.2, 0) is 38.9 Å². The summed E-state index contributed by atoms with van der Waals surface area (Å²) in [5.74, 6) is -3.69. The molecule has 0 spiro atoms. The van der Waals surface area contributed by atoms with Crippen molar-refractivity contribution in [1.82, 2.24) is 20.4 Å². The van der Waals surface area contributed by atoms with Crippen molar-refractivity contribution in [1.29, 1.82) is 0 Å². The van der Waals surface area contributed by atoms with Crippen LogP contribution in [0.5, 0.6) is 0 Å². The average Bonchev–Trinajstić information content (AvgIpc) is 3.01. The number of benzene rings is 1. The molecule has 0 heterocycles. The Balaban J connectivity index is 3.56. The molecule has 1 rings (SSSR count). The van der Waals surface area contributed by atoms with Crippen molar-refractivity contribution in [3.8, 4) is 0 Å². The molecule has 1 aromatic carbocycles. The molecule has 54 heavy (non-hydrogen) atoms. The Morgan fingerprint density at radius 3 is 1.76 bits per heavy atom. The van der Waals surface area contributed by atoms with Crippen molar-refractivity contribution in [3.63, 3.8) is 0 Å². The molecule has 4 amide bonds. The highest BCUT2D eigenvalue weighted by Gasteiger charge is 2.46. The first-order valence-electron chi connectivity index (χ1n) is 18.4. The summed E-state index contributed by atoms with van der Waals surface area (Å²) in [6.07, 6.45) is 0.377. The lowest BCUT2D eigenvalue weighted by atomic mass is 9.76. The molecule has 0 radical (unpaired) electrons. The summed E-state index contributed by atoms with van der Waals surface area (Å²) in [6, 6.07) is 5.32. The first kappa shape index (κ1) is 47.6. The summed E-state index contributed by atoms with van der Waals surface area (Å²) in [4.78, 5) is 82.7. The van der Waals surface area contributed by atoms with Gasteiger partial charge in [0.1, 0.15) is 29.3 Å². The van der Waals surface area contributed by atoms with E-state index in [1.165, 1.54) is 23.8 Å². The smallest absolute Gasteiger partial charge is 0.410 e. The van der Waals surface area contributed by atoms with Crippen molar-refractivity contribution in [3.05, 3.63) is 47.5 Å². The van der Waals surface area contributed by atoms with Gasteiger partial charge in [-0.15, -0.1) is 0 Å². The number of carboxylic acids is 1. The van der Waals surface area contributed by atoms with Crippen LogP contribution in [0.25, 0.3) is 0 Å². The average molecular weight is 759 g/mol. The van der Waals surface area contributed by atoms with Gasteiger partial charge >= 0.3 is 18.0 Å². The van der Waals surface area contributed by atoms with Crippen LogP contribution in [0, 0.1) is 11.3 Å². The van der Waals surface area contributed by atoms with E-state index in [1.54, 1.807) is 54.7 Å². The minimum atomic E-state index is -1.21. The lowest BCUT2D eigenvalue weighted by Gasteiger charge is -2.42. The maximum atomic E-state index is 14.5. The molecule has 0 aliphatic heterocycles. The SMILES string of the molecule is C/C(=C\[C@H](C(C)C)N(C)C(=O)[C@@H](NC(=O)[C@@H](N(C)C(=O)OC(C)(C)C)C(C)(C)c1ccccc1)C(C)(C)C)C(=O)N[C@@H](CCC(=O)O)C(=O)OC(C)(C)C. The van der Waals surface area contributed by atoms with Gasteiger partial charge in [-0.25, -0.2) is 9.59 Å². The number of amides is 4. The van der Waals surface area contributed by atoms with Crippen LogP contribution in [0.4, 0.5) is 4.79 Å². The minimum absolute atomic E-state index is 0.173. The zero-order valence-electron chi connectivity index (χ0n) is 35.4. The van der Waals surface area contributed by atoms with E-state index in [1.807, 2.05) is 78.8 Å². The zero-order valence-corrected chi connectivity index (χ0v) is 35.4. The quantitative estimate of drug-likeness (QED) is 0.147. The second-order valence-electron chi connectivity index (χ2n) is 17.9. The second-order valence-corrected chi connectivity index (χ2v) is 17.9. The Hall–Kier alpha value is -4.42. The van der Waals surface area contributed by atoms with E-state index in [9.17, 15) is 33.9 Å². The number of carboxylic acid groups (broad SMARTS) is 1. The van der Waals surface area contributed by atoms with Gasteiger partial charge in [0.15, 0.2) is 0 Å². The Labute approximate surface area is 322 Å². The van der Waals surface area contributed by atoms with Gasteiger partial charge in [-0.1, -0.05) is 84.9 Å². The lowest BCUT2D eigenvalue weighted by molar-refractivity contribution is -0.158. The molecular formula is C41H66N4O9. The number of nitrogens with one attached hydrogen (secondary N) is 2. The number of rotatable bonds is 15. The van der Waals surface area contributed by atoms with Crippen molar-refractivity contribution >= 4 is 35.8 Å². The van der Waals surface area contributed by atoms with Gasteiger partial charge in [0, 0.05) is 31.5 Å². The summed E-state index contributed by atoms with van der Waals surface area (Å²) in [5, 5.41) is 14.8. The predicted molar refractivity (Wildman–Crippen MR) is 208 cm³/mol. The highest BCUT2D eigenvalue weighted by Crippen LogP contribution is 2.32. The Morgan fingerprint density at radius 2 is 1.31 bits per heavy atom. The number of carbonyl (C=O) groups is 6. The first-order chi connectivity index (χ1) is 24.4. The van der Waals surface area contributed by atoms with Gasteiger partial charge in [-0.2, -0.15) is 0 Å². The van der Waals surface area contributed by atoms with Crippen LogP contribution >= 0.6 is 0 Å². The topological polar surface area (TPSA) is 172 Å². The van der Waals surface area contributed by atoms with Gasteiger partial charge < -0.3 is 30.1 Å². The number of aliphatic carboxylic acids is 1. The summed E-state index contributed by atoms with van der Waals surface area (Å²) in [5.41, 5.74) is -2.41. The molecule has 304 valence electrons. The second kappa shape index (κ2) is 18.8. The number of hydrogen-bond acceptors (Lipinski definition) is 8. The number of hydrogen-bond donors (Lipinski definition) is 3. The summed E-state index contributed by atoms with van der Waals surface area (Å²) < 4.78 is 11.1. The van der Waals surface area contributed by atoms with E-state index in [-0.39, 0.29) is 24.3 Å². The summed E-state index contributed by atoms with van der Waals surface area (Å²) in [7, 11) is 3.10. The fourth-order valence-corrected chi connectivity index (χ4v) is 5.92. The first-order valence-corrected chi connectivity index (χ1v) is 18.4. The standard InChI is InChI=1S/C41H66N4O9/c1-25(2)29(24-26(3)33(48)42-28(22-23-30(46)47)36(51)53-39(7,8)9)44(15)35(50)31(38(4,5)6)43-34(49)32(45(16)37(52)54-40(10,11)12)41(13,14)27-20-18-17-19-21-27/h17-21,24-25,28-29,31-32H,22-23H2,1-16H3,(H,42,48)(H,43,49)(H,46,47)/b26-24+/t28-,29+,31+,32+/m0/s1. The van der Waals surface area contributed by atoms with Gasteiger partial charge in [-0.3, -0.25) is 24.1 Å². The van der Waals surface area contributed by atoms with Crippen molar-refractivity contribution in [2.24, 2.45) is 11.3 Å². The fourth-order valence-electron chi connectivity index (χ4n) is 5.92. The summed E-state index contributed by atoms with van der Waals surface area (Å²) >= 11 is 0. The van der Waals surface area contributed by atoms with E-state index in [0.29, 0.717) is 0 Å². The molecule has 0 unspecified atom stereocenters. The Bertz CT molecular complexity index is 1520. The molecule has 0 aliphatic rings. The molecule has 1 aromatic rings. The largest absolute Gasteiger partial charge is 0.481 e. The highest BCUT2D eigenvalue weighted by atomic mass is 16.6. The number of likely N-dealkylation sites (N-methyl/N-ethyl adjacent to an activating group) is 2. The molecule has 0 fully saturated rings. The van der Waals surface area contributed by atoms with Crippen LogP contribution in [0.3, 0.4) is 0 Å². The minimum Gasteiger partial charge on any atom is -0.481 e. The Morgan fingerprint density at radius 1 is 0.796 bits per heavy atom. The van der Waals surface area contributed by atoms with Gasteiger partial charge in [-0.05, 0) is 71.8 Å². The van der Waals surface area contributed by atoms with Crippen molar-refractivity contribution < 1.29 is 43.3 Å². The number of ether oxygens (including phenoxy) is 2. The van der Waals surface area contributed by atoms with Crippen LogP contribution in [0.15, 0.2) is 42.0 Å². The molecule has 0 aromatic heterocycles. The molecule has 4 atom stereocenters. The number of nitrogens with zero attached hydrogens (tertiary/aromatic N) is 2. The molecule has 13 heteroatoms. The van der Waals surface area contributed by atoms with E-state index in [0.717, 1.165) is 5.56 Å². The zero-order chi connectivity index (χ0) is 42.1. The van der Waals surface area contributed by atoms with Gasteiger partial charge in [0.2, 0.25) is 17.7 Å². The van der Waals surface area contributed by atoms with E-state index < -0.39 is 82.0 Å². The van der Waals surface area contributed by atoms with Gasteiger partial charge in [0.25, 0.3) is 0 Å².